The van der Waals surface area contributed by atoms with E-state index >= 15 is 0 Å². The number of hydrogen-bond acceptors (Lipinski definition) is 2. The molecule has 0 aromatic rings. The summed E-state index contributed by atoms with van der Waals surface area (Å²) < 4.78 is 5.50. The van der Waals surface area contributed by atoms with Crippen molar-refractivity contribution >= 4 is 0 Å². The van der Waals surface area contributed by atoms with Crippen LogP contribution in [0, 0.1) is 11.3 Å². The van der Waals surface area contributed by atoms with Gasteiger partial charge in [-0.15, -0.1) is 0 Å². The van der Waals surface area contributed by atoms with E-state index in [1.54, 1.807) is 0 Å². The molecular formula is C15H29NO. The van der Waals surface area contributed by atoms with Crippen LogP contribution in [-0.2, 0) is 4.74 Å². The highest BCUT2D eigenvalue weighted by Gasteiger charge is 2.31. The van der Waals surface area contributed by atoms with Crippen molar-refractivity contribution in [1.82, 2.24) is 5.32 Å². The Bertz CT molecular complexity index is 247. The lowest BCUT2D eigenvalue weighted by Gasteiger charge is -2.39. The molecule has 1 saturated carbocycles. The van der Waals surface area contributed by atoms with Gasteiger partial charge in [-0.25, -0.2) is 0 Å². The molecule has 2 atom stereocenters. The first-order chi connectivity index (χ1) is 7.91. The number of hydrogen-bond donors (Lipinski definition) is 1. The molecule has 1 fully saturated rings. The topological polar surface area (TPSA) is 21.3 Å². The molecule has 2 unspecified atom stereocenters. The lowest BCUT2D eigenvalue weighted by atomic mass is 9.70. The van der Waals surface area contributed by atoms with Gasteiger partial charge in [0.2, 0.25) is 0 Å². The molecule has 0 aliphatic heterocycles. The van der Waals surface area contributed by atoms with E-state index in [0.29, 0.717) is 18.1 Å². The maximum Gasteiger partial charge on any atom is 0.0672 e. The molecule has 1 aliphatic rings. The zero-order valence-corrected chi connectivity index (χ0v) is 12.0. The fourth-order valence-corrected chi connectivity index (χ4v) is 2.81. The molecule has 0 aromatic carbocycles. The summed E-state index contributed by atoms with van der Waals surface area (Å²) in [5.41, 5.74) is 1.63. The van der Waals surface area contributed by atoms with E-state index in [-0.39, 0.29) is 0 Å². The van der Waals surface area contributed by atoms with E-state index in [9.17, 15) is 0 Å². The molecule has 0 amide bonds. The third kappa shape index (κ3) is 5.69. The summed E-state index contributed by atoms with van der Waals surface area (Å²) in [4.78, 5) is 0. The predicted octanol–water partition coefficient (Wildman–Crippen LogP) is 3.38. The summed E-state index contributed by atoms with van der Waals surface area (Å²) in [5, 5.41) is 3.63. The van der Waals surface area contributed by atoms with Gasteiger partial charge in [0.15, 0.2) is 0 Å². The van der Waals surface area contributed by atoms with E-state index < -0.39 is 0 Å². The van der Waals surface area contributed by atoms with Crippen LogP contribution in [0.4, 0.5) is 0 Å². The molecule has 2 nitrogen and oxygen atoms in total. The highest BCUT2D eigenvalue weighted by atomic mass is 16.5. The smallest absolute Gasteiger partial charge is 0.0672 e. The molecule has 0 radical (unpaired) electrons. The van der Waals surface area contributed by atoms with Crippen LogP contribution in [0.15, 0.2) is 12.2 Å². The van der Waals surface area contributed by atoms with Crippen LogP contribution >= 0.6 is 0 Å². The molecule has 17 heavy (non-hydrogen) atoms. The van der Waals surface area contributed by atoms with Crippen molar-refractivity contribution in [2.45, 2.75) is 53.0 Å². The number of rotatable bonds is 6. The minimum Gasteiger partial charge on any atom is -0.376 e. The predicted molar refractivity (Wildman–Crippen MR) is 74.2 cm³/mol. The van der Waals surface area contributed by atoms with Gasteiger partial charge in [0.1, 0.15) is 0 Å². The van der Waals surface area contributed by atoms with E-state index in [1.165, 1.54) is 19.3 Å². The van der Waals surface area contributed by atoms with Gasteiger partial charge in [-0.2, -0.15) is 0 Å². The van der Waals surface area contributed by atoms with Crippen LogP contribution in [0.5, 0.6) is 0 Å². The zero-order valence-electron chi connectivity index (χ0n) is 12.0. The summed E-state index contributed by atoms with van der Waals surface area (Å²) in [6.45, 7) is 15.4. The average molecular weight is 239 g/mol. The fraction of sp³-hybridized carbons (Fsp3) is 0.867. The van der Waals surface area contributed by atoms with Crippen LogP contribution < -0.4 is 5.32 Å². The average Bonchev–Trinajstić information content (AvgIpc) is 2.19. The monoisotopic (exact) mass is 239 g/mol. The molecule has 0 heterocycles. The second kappa shape index (κ2) is 6.55. The van der Waals surface area contributed by atoms with Gasteiger partial charge in [-0.3, -0.25) is 0 Å². The van der Waals surface area contributed by atoms with Crippen molar-refractivity contribution in [3.8, 4) is 0 Å². The SMILES string of the molecule is C=C(C)COCCNC1CCC(C)(C)CC1C. The van der Waals surface area contributed by atoms with E-state index in [2.05, 4.69) is 32.7 Å². The molecule has 1 N–H and O–H groups in total. The van der Waals surface area contributed by atoms with Crippen molar-refractivity contribution in [3.05, 3.63) is 12.2 Å². The van der Waals surface area contributed by atoms with Crippen molar-refractivity contribution in [2.75, 3.05) is 19.8 Å². The maximum absolute atomic E-state index is 5.50. The van der Waals surface area contributed by atoms with Crippen LogP contribution in [0.3, 0.4) is 0 Å². The quantitative estimate of drug-likeness (QED) is 0.567. The van der Waals surface area contributed by atoms with Gasteiger partial charge in [0.25, 0.3) is 0 Å². The summed E-state index contributed by atoms with van der Waals surface area (Å²) in [7, 11) is 0. The molecule has 0 bridgehead atoms. The van der Waals surface area contributed by atoms with E-state index in [1.807, 2.05) is 6.92 Å². The largest absolute Gasteiger partial charge is 0.376 e. The molecule has 0 aromatic heterocycles. The van der Waals surface area contributed by atoms with Gasteiger partial charge < -0.3 is 10.1 Å². The van der Waals surface area contributed by atoms with Crippen molar-refractivity contribution in [1.29, 1.82) is 0 Å². The van der Waals surface area contributed by atoms with Gasteiger partial charge in [0.05, 0.1) is 13.2 Å². The minimum absolute atomic E-state index is 0.536. The molecule has 1 aliphatic carbocycles. The van der Waals surface area contributed by atoms with Crippen molar-refractivity contribution in [3.63, 3.8) is 0 Å². The summed E-state index contributed by atoms with van der Waals surface area (Å²) in [5.74, 6) is 0.778. The van der Waals surface area contributed by atoms with Gasteiger partial charge in [-0.1, -0.05) is 32.9 Å². The third-order valence-corrected chi connectivity index (χ3v) is 3.69. The summed E-state index contributed by atoms with van der Waals surface area (Å²) in [6.07, 6.45) is 3.97. The number of ether oxygens (including phenoxy) is 1. The molecule has 0 saturated heterocycles. The Morgan fingerprint density at radius 2 is 2.18 bits per heavy atom. The standard InChI is InChI=1S/C15H29NO/c1-12(2)11-17-9-8-16-14-6-7-15(4,5)10-13(14)3/h13-14,16H,1,6-11H2,2-5H3. The minimum atomic E-state index is 0.536. The molecule has 100 valence electrons. The highest BCUT2D eigenvalue weighted by Crippen LogP contribution is 2.38. The maximum atomic E-state index is 5.50. The third-order valence-electron chi connectivity index (χ3n) is 3.69. The Balaban J connectivity index is 2.14. The first kappa shape index (κ1) is 14.7. The summed E-state index contributed by atoms with van der Waals surface area (Å²) in [6, 6.07) is 0.677. The van der Waals surface area contributed by atoms with Crippen LogP contribution in [0.1, 0.15) is 47.0 Å². The normalized spacial score (nSPS) is 28.0. The van der Waals surface area contributed by atoms with Crippen molar-refractivity contribution < 1.29 is 4.74 Å². The lowest BCUT2D eigenvalue weighted by Crippen LogP contribution is -2.42. The second-order valence-corrected chi connectivity index (χ2v) is 6.45. The van der Waals surface area contributed by atoms with Crippen LogP contribution in [-0.4, -0.2) is 25.8 Å². The van der Waals surface area contributed by atoms with Crippen LogP contribution in [0.25, 0.3) is 0 Å². The van der Waals surface area contributed by atoms with E-state index in [4.69, 9.17) is 4.74 Å². The zero-order chi connectivity index (χ0) is 12.9. The van der Waals surface area contributed by atoms with Crippen molar-refractivity contribution in [2.24, 2.45) is 11.3 Å². The second-order valence-electron chi connectivity index (χ2n) is 6.45. The van der Waals surface area contributed by atoms with Crippen LogP contribution in [0.2, 0.25) is 0 Å². The fourth-order valence-electron chi connectivity index (χ4n) is 2.81. The first-order valence-corrected chi connectivity index (χ1v) is 6.86. The Labute approximate surface area is 107 Å². The van der Waals surface area contributed by atoms with E-state index in [0.717, 1.165) is 24.6 Å². The first-order valence-electron chi connectivity index (χ1n) is 6.86. The molecule has 2 heteroatoms. The van der Waals surface area contributed by atoms with Gasteiger partial charge >= 0.3 is 0 Å². The molecular weight excluding hydrogens is 210 g/mol. The Kier molecular flexibility index (Phi) is 5.68. The Morgan fingerprint density at radius 1 is 1.47 bits per heavy atom. The van der Waals surface area contributed by atoms with Gasteiger partial charge in [-0.05, 0) is 37.5 Å². The summed E-state index contributed by atoms with van der Waals surface area (Å²) >= 11 is 0. The Hall–Kier alpha value is -0.340. The van der Waals surface area contributed by atoms with Gasteiger partial charge in [0, 0.05) is 12.6 Å². The number of nitrogens with one attached hydrogen (secondary N) is 1. The highest BCUT2D eigenvalue weighted by molar-refractivity contribution is 4.88. The molecule has 1 rings (SSSR count). The molecule has 0 spiro atoms. The Morgan fingerprint density at radius 3 is 2.76 bits per heavy atom. The lowest BCUT2D eigenvalue weighted by molar-refractivity contribution is 0.125.